The van der Waals surface area contributed by atoms with Gasteiger partial charge in [0, 0.05) is 6.54 Å². The van der Waals surface area contributed by atoms with Gasteiger partial charge >= 0.3 is 6.09 Å². The molecule has 1 radical (unpaired) electrons. The molecule has 5 nitrogen and oxygen atoms in total. The van der Waals surface area contributed by atoms with E-state index >= 15 is 0 Å². The molecule has 0 heterocycles. The van der Waals surface area contributed by atoms with Crippen LogP contribution in [0.15, 0.2) is 24.3 Å². The van der Waals surface area contributed by atoms with Gasteiger partial charge in [-0.1, -0.05) is 24.3 Å². The minimum atomic E-state index is -0.611. The zero-order chi connectivity index (χ0) is 14.5. The molecule has 5 heteroatoms. The summed E-state index contributed by atoms with van der Waals surface area (Å²) < 4.78 is 5.12. The monoisotopic (exact) mass is 263 g/mol. The first-order valence-electron chi connectivity index (χ1n) is 6.05. The van der Waals surface area contributed by atoms with E-state index < -0.39 is 17.6 Å². The average molecular weight is 263 g/mol. The highest BCUT2D eigenvalue weighted by molar-refractivity contribution is 5.75. The number of nitrogens with one attached hydrogen (secondary N) is 2. The van der Waals surface area contributed by atoms with E-state index in [-0.39, 0.29) is 6.42 Å². The van der Waals surface area contributed by atoms with Gasteiger partial charge in [0.15, 0.2) is 0 Å². The largest absolute Gasteiger partial charge is 0.444 e. The van der Waals surface area contributed by atoms with Gasteiger partial charge in [0.1, 0.15) is 5.60 Å². The Hall–Kier alpha value is -2.04. The van der Waals surface area contributed by atoms with Crippen LogP contribution in [-0.2, 0) is 22.5 Å². The highest BCUT2D eigenvalue weighted by atomic mass is 16.6. The highest BCUT2D eigenvalue weighted by Crippen LogP contribution is 2.08. The fourth-order valence-corrected chi connectivity index (χ4v) is 1.45. The number of hydrogen-bond acceptors (Lipinski definition) is 3. The summed E-state index contributed by atoms with van der Waals surface area (Å²) in [4.78, 5) is 22.1. The van der Waals surface area contributed by atoms with Crippen molar-refractivity contribution in [2.24, 2.45) is 0 Å². The molecule has 1 rings (SSSR count). The van der Waals surface area contributed by atoms with Crippen molar-refractivity contribution in [2.45, 2.75) is 39.3 Å². The summed E-state index contributed by atoms with van der Waals surface area (Å²) in [7, 11) is 0. The summed E-state index contributed by atoms with van der Waals surface area (Å²) in [5.74, 6) is -0.611. The molecule has 103 valence electrons. The van der Waals surface area contributed by atoms with Gasteiger partial charge in [-0.15, -0.1) is 0 Å². The minimum absolute atomic E-state index is 0.111. The Bertz CT molecular complexity index is 447. The predicted molar refractivity (Wildman–Crippen MR) is 71.3 cm³/mol. The Morgan fingerprint density at radius 3 is 2.16 bits per heavy atom. The van der Waals surface area contributed by atoms with Gasteiger partial charge in [0.25, 0.3) is 0 Å². The van der Waals surface area contributed by atoms with E-state index in [0.717, 1.165) is 11.1 Å². The Balaban J connectivity index is 2.46. The first-order valence-corrected chi connectivity index (χ1v) is 6.05. The van der Waals surface area contributed by atoms with Crippen LogP contribution in [0, 0.1) is 0 Å². The van der Waals surface area contributed by atoms with Crippen molar-refractivity contribution in [3.05, 3.63) is 35.4 Å². The maximum Gasteiger partial charge on any atom is 0.407 e. The molecule has 0 saturated heterocycles. The van der Waals surface area contributed by atoms with E-state index in [1.165, 1.54) is 0 Å². The van der Waals surface area contributed by atoms with Crippen molar-refractivity contribution >= 4 is 12.0 Å². The summed E-state index contributed by atoms with van der Waals surface area (Å²) in [6.45, 7) is 5.78. The molecule has 0 atom stereocenters. The van der Waals surface area contributed by atoms with E-state index in [0.29, 0.717) is 6.54 Å². The Labute approximate surface area is 113 Å². The predicted octanol–water partition coefficient (Wildman–Crippen LogP) is 2.06. The number of benzene rings is 1. The molecule has 0 aliphatic heterocycles. The van der Waals surface area contributed by atoms with Gasteiger partial charge in [-0.25, -0.2) is 4.79 Å². The van der Waals surface area contributed by atoms with Crippen LogP contribution in [0.4, 0.5) is 4.79 Å². The number of alkyl carbamates (subject to hydrolysis) is 1. The topological polar surface area (TPSA) is 79.2 Å². The van der Waals surface area contributed by atoms with Gasteiger partial charge in [0.05, 0.1) is 6.42 Å². The van der Waals surface area contributed by atoms with E-state index in [9.17, 15) is 9.59 Å². The SMILES string of the molecule is CC(C)(C)OC(=O)NCc1ccc(CC([NH])=O)cc1. The van der Waals surface area contributed by atoms with Gasteiger partial charge in [0.2, 0.25) is 5.91 Å². The Morgan fingerprint density at radius 1 is 1.16 bits per heavy atom. The molecular weight excluding hydrogens is 244 g/mol. The second-order valence-electron chi connectivity index (χ2n) is 5.27. The van der Waals surface area contributed by atoms with Crippen molar-refractivity contribution in [3.8, 4) is 0 Å². The van der Waals surface area contributed by atoms with E-state index in [2.05, 4.69) is 5.32 Å². The second kappa shape index (κ2) is 6.22. The molecule has 2 amide bonds. The van der Waals surface area contributed by atoms with Crippen LogP contribution in [0.25, 0.3) is 0 Å². The molecule has 0 spiro atoms. The third-order valence-corrected chi connectivity index (χ3v) is 2.22. The van der Waals surface area contributed by atoms with Crippen molar-refractivity contribution in [2.75, 3.05) is 0 Å². The maximum atomic E-state index is 11.4. The number of rotatable bonds is 4. The van der Waals surface area contributed by atoms with Crippen LogP contribution in [0.2, 0.25) is 0 Å². The molecule has 1 aromatic rings. The second-order valence-corrected chi connectivity index (χ2v) is 5.27. The molecule has 0 aliphatic rings. The van der Waals surface area contributed by atoms with Crippen LogP contribution in [-0.4, -0.2) is 17.6 Å². The average Bonchev–Trinajstić information content (AvgIpc) is 2.25. The third-order valence-electron chi connectivity index (χ3n) is 2.22. The van der Waals surface area contributed by atoms with Crippen LogP contribution >= 0.6 is 0 Å². The van der Waals surface area contributed by atoms with Gasteiger partial charge < -0.3 is 10.1 Å². The highest BCUT2D eigenvalue weighted by Gasteiger charge is 2.15. The van der Waals surface area contributed by atoms with E-state index in [4.69, 9.17) is 10.5 Å². The number of carbonyl (C=O) groups excluding carboxylic acids is 2. The molecule has 0 saturated carbocycles. The van der Waals surface area contributed by atoms with Crippen LogP contribution in [0.5, 0.6) is 0 Å². The maximum absolute atomic E-state index is 11.4. The summed E-state index contributed by atoms with van der Waals surface area (Å²) in [5, 5.41) is 2.65. The molecule has 0 unspecified atom stereocenters. The molecule has 0 aliphatic carbocycles. The van der Waals surface area contributed by atoms with Gasteiger partial charge in [-0.05, 0) is 31.9 Å². The smallest absolute Gasteiger partial charge is 0.407 e. The summed E-state index contributed by atoms with van der Waals surface area (Å²) >= 11 is 0. The number of amides is 2. The summed E-state index contributed by atoms with van der Waals surface area (Å²) in [6.07, 6.45) is -0.349. The Kier molecular flexibility index (Phi) is 4.92. The zero-order valence-corrected chi connectivity index (χ0v) is 11.4. The van der Waals surface area contributed by atoms with Gasteiger partial charge in [-0.3, -0.25) is 10.5 Å². The van der Waals surface area contributed by atoms with Crippen molar-refractivity contribution in [1.29, 1.82) is 0 Å². The van der Waals surface area contributed by atoms with Crippen molar-refractivity contribution in [1.82, 2.24) is 11.1 Å². The van der Waals surface area contributed by atoms with Crippen molar-refractivity contribution < 1.29 is 14.3 Å². The number of hydrogen-bond donors (Lipinski definition) is 1. The van der Waals surface area contributed by atoms with Crippen LogP contribution < -0.4 is 11.1 Å². The van der Waals surface area contributed by atoms with Gasteiger partial charge in [-0.2, -0.15) is 0 Å². The zero-order valence-electron chi connectivity index (χ0n) is 11.4. The first kappa shape index (κ1) is 15.0. The Morgan fingerprint density at radius 2 is 1.68 bits per heavy atom. The lowest BCUT2D eigenvalue weighted by Crippen LogP contribution is -2.32. The first-order chi connectivity index (χ1) is 8.76. The quantitative estimate of drug-likeness (QED) is 0.903. The lowest BCUT2D eigenvalue weighted by molar-refractivity contribution is -0.118. The molecule has 1 aromatic carbocycles. The molecule has 0 bridgehead atoms. The lowest BCUT2D eigenvalue weighted by Gasteiger charge is -2.19. The van der Waals surface area contributed by atoms with Crippen LogP contribution in [0.1, 0.15) is 31.9 Å². The standard InChI is InChI=1S/C14H19N2O3/c1-14(2,3)19-13(18)16-9-11-6-4-10(5-7-11)8-12(15)17/h4-7,15H,8-9H2,1-3H3,(H,16,18). The fraction of sp³-hybridized carbons (Fsp3) is 0.429. The van der Waals surface area contributed by atoms with Crippen molar-refractivity contribution in [3.63, 3.8) is 0 Å². The number of carbonyl (C=O) groups is 2. The molecular formula is C14H19N2O3. The third kappa shape index (κ3) is 6.45. The normalized spacial score (nSPS) is 10.9. The fourth-order valence-electron chi connectivity index (χ4n) is 1.45. The molecule has 19 heavy (non-hydrogen) atoms. The van der Waals surface area contributed by atoms with Crippen LogP contribution in [0.3, 0.4) is 0 Å². The molecule has 0 fully saturated rings. The lowest BCUT2D eigenvalue weighted by atomic mass is 10.1. The van der Waals surface area contributed by atoms with E-state index in [1.807, 2.05) is 12.1 Å². The molecule has 0 aromatic heterocycles. The minimum Gasteiger partial charge on any atom is -0.444 e. The molecule has 2 N–H and O–H groups in total. The van der Waals surface area contributed by atoms with E-state index in [1.54, 1.807) is 32.9 Å². The summed E-state index contributed by atoms with van der Waals surface area (Å²) in [6, 6.07) is 7.18. The summed E-state index contributed by atoms with van der Waals surface area (Å²) in [5.41, 5.74) is 8.07. The number of ether oxygens (including phenoxy) is 1.